The molecule has 4 heterocycles. The first kappa shape index (κ1) is 34.5. The fourth-order valence-electron chi connectivity index (χ4n) is 8.51. The summed E-state index contributed by atoms with van der Waals surface area (Å²) in [6.07, 6.45) is 4.21. The fraction of sp³-hybridized carbons (Fsp3) is 0.311. The molecule has 8 nitrogen and oxygen atoms in total. The Balaban J connectivity index is 1.21. The van der Waals surface area contributed by atoms with E-state index in [4.69, 9.17) is 0 Å². The van der Waals surface area contributed by atoms with Crippen LogP contribution in [0.15, 0.2) is 97.1 Å². The Bertz CT molecular complexity index is 2210. The lowest BCUT2D eigenvalue weighted by atomic mass is 9.89. The van der Waals surface area contributed by atoms with E-state index in [1.54, 1.807) is 36.2 Å². The summed E-state index contributed by atoms with van der Waals surface area (Å²) in [6, 6.07) is 31.1. The number of phenols is 1. The molecule has 2 atom stereocenters. The second kappa shape index (κ2) is 14.1. The van der Waals surface area contributed by atoms with E-state index in [1.807, 2.05) is 65.3 Å². The number of anilines is 1. The molecule has 3 aliphatic heterocycles. The molecule has 3 aliphatic rings. The first-order valence-corrected chi connectivity index (χ1v) is 18.8. The van der Waals surface area contributed by atoms with Gasteiger partial charge in [-0.05, 0) is 116 Å². The van der Waals surface area contributed by atoms with Gasteiger partial charge in [0, 0.05) is 67.5 Å². The Kier molecular flexibility index (Phi) is 9.15. The van der Waals surface area contributed by atoms with Gasteiger partial charge < -0.3 is 24.4 Å². The lowest BCUT2D eigenvalue weighted by Crippen LogP contribution is -2.43. The molecule has 8 rings (SSSR count). The smallest absolute Gasteiger partial charge is 0.259 e. The van der Waals surface area contributed by atoms with E-state index in [-0.39, 0.29) is 35.4 Å². The minimum absolute atomic E-state index is 0.00316. The van der Waals surface area contributed by atoms with E-state index >= 15 is 0 Å². The number of hydrogen-bond donors (Lipinski definition) is 1. The molecule has 4 aromatic carbocycles. The SMILES string of the molecule is C[C@H](C(=O)N1CCc2cc(-c3cc(C(=O)N(C)c4ccc(O)cc4)c4n3CCCC4)c(C(=O)N3Cc4ccccc4C[C@H]3C)cc2C1)c1ccccc1. The van der Waals surface area contributed by atoms with Gasteiger partial charge in [0.25, 0.3) is 11.8 Å². The fourth-order valence-corrected chi connectivity index (χ4v) is 8.51. The van der Waals surface area contributed by atoms with Gasteiger partial charge >= 0.3 is 0 Å². The number of rotatable bonds is 6. The molecule has 53 heavy (non-hydrogen) atoms. The summed E-state index contributed by atoms with van der Waals surface area (Å²) >= 11 is 0. The lowest BCUT2D eigenvalue weighted by molar-refractivity contribution is -0.133. The summed E-state index contributed by atoms with van der Waals surface area (Å²) in [7, 11) is 1.76. The van der Waals surface area contributed by atoms with Gasteiger partial charge in [-0.2, -0.15) is 0 Å². The molecule has 1 aromatic heterocycles. The van der Waals surface area contributed by atoms with E-state index in [1.165, 1.54) is 5.56 Å². The summed E-state index contributed by atoms with van der Waals surface area (Å²) in [5.41, 5.74) is 10.2. The van der Waals surface area contributed by atoms with Crippen molar-refractivity contribution in [1.29, 1.82) is 0 Å². The Morgan fingerprint density at radius 2 is 1.51 bits per heavy atom. The Hall–Kier alpha value is -5.63. The van der Waals surface area contributed by atoms with Gasteiger partial charge in [0.1, 0.15) is 5.75 Å². The maximum atomic E-state index is 15.0. The average molecular weight is 707 g/mol. The largest absolute Gasteiger partial charge is 0.508 e. The van der Waals surface area contributed by atoms with Crippen LogP contribution in [0.5, 0.6) is 5.75 Å². The van der Waals surface area contributed by atoms with Crippen LogP contribution in [0.2, 0.25) is 0 Å². The monoisotopic (exact) mass is 706 g/mol. The highest BCUT2D eigenvalue weighted by molar-refractivity contribution is 6.08. The molecule has 0 unspecified atom stereocenters. The molecule has 0 saturated heterocycles. The molecule has 0 saturated carbocycles. The second-order valence-corrected chi connectivity index (χ2v) is 14.9. The van der Waals surface area contributed by atoms with E-state index < -0.39 is 0 Å². The zero-order valence-electron chi connectivity index (χ0n) is 30.7. The highest BCUT2D eigenvalue weighted by Crippen LogP contribution is 2.38. The van der Waals surface area contributed by atoms with Crippen LogP contribution in [0.4, 0.5) is 5.69 Å². The zero-order valence-corrected chi connectivity index (χ0v) is 30.7. The van der Waals surface area contributed by atoms with Crippen molar-refractivity contribution >= 4 is 23.4 Å². The number of aromatic hydroxyl groups is 1. The van der Waals surface area contributed by atoms with Crippen LogP contribution < -0.4 is 4.90 Å². The predicted molar refractivity (Wildman–Crippen MR) is 207 cm³/mol. The normalized spacial score (nSPS) is 17.0. The van der Waals surface area contributed by atoms with E-state index in [2.05, 4.69) is 35.8 Å². The second-order valence-electron chi connectivity index (χ2n) is 14.9. The van der Waals surface area contributed by atoms with E-state index in [0.29, 0.717) is 42.9 Å². The molecule has 0 aliphatic carbocycles. The topological polar surface area (TPSA) is 86.1 Å². The zero-order chi connectivity index (χ0) is 36.8. The van der Waals surface area contributed by atoms with E-state index in [0.717, 1.165) is 71.4 Å². The number of carbonyl (C=O) groups is 3. The highest BCUT2D eigenvalue weighted by Gasteiger charge is 2.34. The third-order valence-electron chi connectivity index (χ3n) is 11.6. The highest BCUT2D eigenvalue weighted by atomic mass is 16.3. The number of benzene rings is 4. The molecule has 0 spiro atoms. The quantitative estimate of drug-likeness (QED) is 0.196. The van der Waals surface area contributed by atoms with Gasteiger partial charge in [-0.1, -0.05) is 54.6 Å². The van der Waals surface area contributed by atoms with Crippen LogP contribution in [0.25, 0.3) is 11.3 Å². The first-order chi connectivity index (χ1) is 25.7. The maximum absolute atomic E-state index is 15.0. The van der Waals surface area contributed by atoms with Crippen molar-refractivity contribution < 1.29 is 19.5 Å². The molecule has 8 heteroatoms. The minimum Gasteiger partial charge on any atom is -0.508 e. The van der Waals surface area contributed by atoms with Gasteiger partial charge in [-0.3, -0.25) is 14.4 Å². The number of carbonyl (C=O) groups excluding carboxylic acids is 3. The van der Waals surface area contributed by atoms with Gasteiger partial charge in [0.05, 0.1) is 11.5 Å². The summed E-state index contributed by atoms with van der Waals surface area (Å²) in [6.45, 7) is 6.42. The van der Waals surface area contributed by atoms with Crippen molar-refractivity contribution in [1.82, 2.24) is 14.4 Å². The third-order valence-corrected chi connectivity index (χ3v) is 11.6. The number of phenolic OH excluding ortho intramolecular Hbond substituents is 1. The summed E-state index contributed by atoms with van der Waals surface area (Å²) in [5, 5.41) is 9.85. The maximum Gasteiger partial charge on any atom is 0.259 e. The number of fused-ring (bicyclic) bond motifs is 3. The third kappa shape index (κ3) is 6.41. The molecule has 1 N–H and O–H groups in total. The molecular weight excluding hydrogens is 661 g/mol. The molecule has 0 radical (unpaired) electrons. The summed E-state index contributed by atoms with van der Waals surface area (Å²) in [5.74, 6) is -0.197. The molecule has 0 fully saturated rings. The van der Waals surface area contributed by atoms with Gasteiger partial charge in [-0.15, -0.1) is 0 Å². The molecule has 270 valence electrons. The van der Waals surface area contributed by atoms with Gasteiger partial charge in [0.2, 0.25) is 5.91 Å². The van der Waals surface area contributed by atoms with Crippen molar-refractivity contribution in [3.05, 3.63) is 142 Å². The number of nitrogens with zero attached hydrogens (tertiary/aromatic N) is 4. The van der Waals surface area contributed by atoms with Crippen LogP contribution in [-0.2, 0) is 43.7 Å². The number of amides is 3. The summed E-state index contributed by atoms with van der Waals surface area (Å²) < 4.78 is 2.26. The Morgan fingerprint density at radius 3 is 2.28 bits per heavy atom. The van der Waals surface area contributed by atoms with Crippen LogP contribution >= 0.6 is 0 Å². The van der Waals surface area contributed by atoms with Crippen molar-refractivity contribution in [3.63, 3.8) is 0 Å². The number of hydrogen-bond acceptors (Lipinski definition) is 4. The molecule has 0 bridgehead atoms. The van der Waals surface area contributed by atoms with Crippen LogP contribution in [0, 0.1) is 0 Å². The summed E-state index contributed by atoms with van der Waals surface area (Å²) in [4.78, 5) is 48.5. The molecule has 5 aromatic rings. The molecular formula is C45H46N4O4. The van der Waals surface area contributed by atoms with Crippen LogP contribution in [0.3, 0.4) is 0 Å². The van der Waals surface area contributed by atoms with Crippen LogP contribution in [0.1, 0.15) is 86.8 Å². The van der Waals surface area contributed by atoms with Crippen LogP contribution in [-0.4, -0.2) is 56.8 Å². The predicted octanol–water partition coefficient (Wildman–Crippen LogP) is 7.75. The van der Waals surface area contributed by atoms with E-state index in [9.17, 15) is 19.5 Å². The lowest BCUT2D eigenvalue weighted by Gasteiger charge is -2.36. The Labute approximate surface area is 311 Å². The minimum atomic E-state index is -0.268. The van der Waals surface area contributed by atoms with Crippen molar-refractivity contribution in [2.45, 2.75) is 77.5 Å². The Morgan fingerprint density at radius 1 is 0.774 bits per heavy atom. The van der Waals surface area contributed by atoms with Gasteiger partial charge in [0.15, 0.2) is 0 Å². The average Bonchev–Trinajstić information content (AvgIpc) is 3.58. The van der Waals surface area contributed by atoms with Crippen molar-refractivity contribution in [2.24, 2.45) is 0 Å². The standard InChI is InChI=1S/C45H46N4O4/c1-29-23-32-13-7-8-14-34(32)28-49(29)45(53)39-25-35-27-47(43(51)30(2)31-11-5-4-6-12-31)22-20-33(35)24-38(39)42-26-40(41-15-9-10-21-48(41)42)44(52)46(3)36-16-18-37(50)19-17-36/h4-8,11-14,16-19,24-26,29-30,50H,9-10,15,20-23,27-28H2,1-3H3/t29-,30+/m1/s1. The first-order valence-electron chi connectivity index (χ1n) is 18.8. The van der Waals surface area contributed by atoms with Crippen molar-refractivity contribution in [2.75, 3.05) is 18.5 Å². The van der Waals surface area contributed by atoms with Crippen molar-refractivity contribution in [3.8, 4) is 17.0 Å². The number of aromatic nitrogens is 1. The van der Waals surface area contributed by atoms with Gasteiger partial charge in [-0.25, -0.2) is 0 Å². The molecule has 3 amide bonds.